The molecule has 1 aliphatic heterocycles. The number of ether oxygens (including phenoxy) is 1. The monoisotopic (exact) mass is 334 g/mol. The van der Waals surface area contributed by atoms with E-state index in [2.05, 4.69) is 5.32 Å². The molecule has 0 spiro atoms. The van der Waals surface area contributed by atoms with E-state index in [0.717, 1.165) is 5.56 Å². The van der Waals surface area contributed by atoms with Crippen molar-refractivity contribution in [1.82, 2.24) is 10.2 Å². The normalized spacial score (nSPS) is 17.4. The number of nitrogens with one attached hydrogen (secondary N) is 1. The zero-order chi connectivity index (χ0) is 17.5. The number of aryl methyl sites for hydroxylation is 1. The van der Waals surface area contributed by atoms with Gasteiger partial charge in [-0.3, -0.25) is 9.59 Å². The lowest BCUT2D eigenvalue weighted by Crippen LogP contribution is -2.49. The van der Waals surface area contributed by atoms with Crippen molar-refractivity contribution < 1.29 is 24.2 Å². The number of hydrogen-bond acceptors (Lipinski definition) is 4. The second-order valence-electron chi connectivity index (χ2n) is 5.77. The molecule has 0 bridgehead atoms. The minimum Gasteiger partial charge on any atom is -0.478 e. The summed E-state index contributed by atoms with van der Waals surface area (Å²) in [5.41, 5.74) is 1.16. The lowest BCUT2D eigenvalue weighted by molar-refractivity contribution is -0.138. The number of rotatable bonds is 6. The minimum atomic E-state index is -0.962. The molecule has 0 unspecified atom stereocenters. The highest BCUT2D eigenvalue weighted by molar-refractivity contribution is 5.87. The lowest BCUT2D eigenvalue weighted by atomic mass is 10.1. The van der Waals surface area contributed by atoms with Gasteiger partial charge in [-0.05, 0) is 24.1 Å². The molecule has 1 heterocycles. The number of hydrogen-bond donors (Lipinski definition) is 2. The van der Waals surface area contributed by atoms with Crippen molar-refractivity contribution in [2.75, 3.05) is 26.2 Å². The van der Waals surface area contributed by atoms with Crippen molar-refractivity contribution >= 4 is 17.8 Å². The van der Waals surface area contributed by atoms with E-state index in [9.17, 15) is 14.4 Å². The summed E-state index contributed by atoms with van der Waals surface area (Å²) >= 11 is 0. The first-order chi connectivity index (χ1) is 11.5. The molecule has 1 fully saturated rings. The molecule has 7 heteroatoms. The minimum absolute atomic E-state index is 0.0356. The second-order valence-corrected chi connectivity index (χ2v) is 5.77. The van der Waals surface area contributed by atoms with Crippen LogP contribution in [0.15, 0.2) is 24.3 Å². The van der Waals surface area contributed by atoms with Crippen molar-refractivity contribution in [2.24, 2.45) is 0 Å². The Morgan fingerprint density at radius 1 is 1.29 bits per heavy atom. The fourth-order valence-corrected chi connectivity index (χ4v) is 2.55. The summed E-state index contributed by atoms with van der Waals surface area (Å²) in [7, 11) is 0. The number of carbonyl (C=O) groups is 3. The van der Waals surface area contributed by atoms with Crippen LogP contribution in [0.25, 0.3) is 0 Å². The predicted octanol–water partition coefficient (Wildman–Crippen LogP) is 0.681. The van der Waals surface area contributed by atoms with Gasteiger partial charge in [0.15, 0.2) is 0 Å². The molecule has 1 aromatic carbocycles. The average molecular weight is 334 g/mol. The molecule has 0 aliphatic carbocycles. The Labute approximate surface area is 140 Å². The van der Waals surface area contributed by atoms with Crippen LogP contribution in [0.5, 0.6) is 0 Å². The molecule has 2 N–H and O–H groups in total. The van der Waals surface area contributed by atoms with Crippen molar-refractivity contribution in [3.05, 3.63) is 35.4 Å². The molecule has 7 nitrogen and oxygen atoms in total. The van der Waals surface area contributed by atoms with E-state index in [1.165, 1.54) is 6.92 Å². The standard InChI is InChI=1S/C17H22N2O5/c1-12(20)18-10-15-11-19(8-9-24-15)16(21)7-4-13-2-5-14(6-3-13)17(22)23/h2-3,5-6,15H,4,7-11H2,1H3,(H,18,20)(H,22,23)/t15-/m1/s1. The van der Waals surface area contributed by atoms with E-state index in [0.29, 0.717) is 39.1 Å². The molecule has 24 heavy (non-hydrogen) atoms. The second kappa shape index (κ2) is 8.44. The Hall–Kier alpha value is -2.41. The summed E-state index contributed by atoms with van der Waals surface area (Å²) in [6, 6.07) is 6.55. The zero-order valence-corrected chi connectivity index (χ0v) is 13.7. The summed E-state index contributed by atoms with van der Waals surface area (Å²) < 4.78 is 5.54. The number of carboxylic acid groups (broad SMARTS) is 1. The number of nitrogens with zero attached hydrogens (tertiary/aromatic N) is 1. The summed E-state index contributed by atoms with van der Waals surface area (Å²) in [6.45, 7) is 3.32. The van der Waals surface area contributed by atoms with Gasteiger partial charge >= 0.3 is 5.97 Å². The predicted molar refractivity (Wildman–Crippen MR) is 86.7 cm³/mol. The average Bonchev–Trinajstić information content (AvgIpc) is 2.58. The van der Waals surface area contributed by atoms with Crippen LogP contribution in [0.2, 0.25) is 0 Å². The van der Waals surface area contributed by atoms with Gasteiger partial charge in [-0.1, -0.05) is 12.1 Å². The van der Waals surface area contributed by atoms with Gasteiger partial charge in [0.1, 0.15) is 0 Å². The van der Waals surface area contributed by atoms with Crippen molar-refractivity contribution in [2.45, 2.75) is 25.9 Å². The number of carbonyl (C=O) groups excluding carboxylic acids is 2. The van der Waals surface area contributed by atoms with Crippen LogP contribution in [-0.4, -0.2) is 60.1 Å². The molecule has 1 aromatic rings. The summed E-state index contributed by atoms with van der Waals surface area (Å²) in [6.07, 6.45) is 0.743. The van der Waals surface area contributed by atoms with Crippen LogP contribution in [0, 0.1) is 0 Å². The maximum Gasteiger partial charge on any atom is 0.335 e. The van der Waals surface area contributed by atoms with Crippen molar-refractivity contribution in [3.63, 3.8) is 0 Å². The Bertz CT molecular complexity index is 600. The lowest BCUT2D eigenvalue weighted by Gasteiger charge is -2.33. The van der Waals surface area contributed by atoms with Gasteiger partial charge in [0.05, 0.1) is 18.3 Å². The highest BCUT2D eigenvalue weighted by Gasteiger charge is 2.24. The first kappa shape index (κ1) is 17.9. The van der Waals surface area contributed by atoms with E-state index in [1.807, 2.05) is 0 Å². The number of morpholine rings is 1. The van der Waals surface area contributed by atoms with Crippen LogP contribution in [0.4, 0.5) is 0 Å². The Balaban J connectivity index is 1.81. The molecule has 0 aromatic heterocycles. The summed E-state index contributed by atoms with van der Waals surface area (Å²) in [5, 5.41) is 11.6. The Kier molecular flexibility index (Phi) is 6.31. The first-order valence-corrected chi connectivity index (χ1v) is 7.91. The highest BCUT2D eigenvalue weighted by atomic mass is 16.5. The zero-order valence-electron chi connectivity index (χ0n) is 13.7. The Morgan fingerprint density at radius 2 is 2.00 bits per heavy atom. The van der Waals surface area contributed by atoms with Crippen molar-refractivity contribution in [1.29, 1.82) is 0 Å². The van der Waals surface area contributed by atoms with E-state index < -0.39 is 5.97 Å². The van der Waals surface area contributed by atoms with Gasteiger partial charge in [-0.2, -0.15) is 0 Å². The molecule has 2 amide bonds. The number of benzene rings is 1. The van der Waals surface area contributed by atoms with E-state index >= 15 is 0 Å². The SMILES string of the molecule is CC(=O)NC[C@@H]1CN(C(=O)CCc2ccc(C(=O)O)cc2)CCO1. The number of aromatic carboxylic acids is 1. The molecule has 0 saturated carbocycles. The molecule has 0 radical (unpaired) electrons. The molecule has 130 valence electrons. The Morgan fingerprint density at radius 3 is 2.62 bits per heavy atom. The number of carboxylic acids is 1. The topological polar surface area (TPSA) is 95.9 Å². The van der Waals surface area contributed by atoms with Gasteiger partial charge in [-0.25, -0.2) is 4.79 Å². The van der Waals surface area contributed by atoms with Gasteiger partial charge in [-0.15, -0.1) is 0 Å². The largest absolute Gasteiger partial charge is 0.478 e. The van der Waals surface area contributed by atoms with E-state index in [4.69, 9.17) is 9.84 Å². The van der Waals surface area contributed by atoms with E-state index in [1.54, 1.807) is 29.2 Å². The maximum absolute atomic E-state index is 12.3. The third kappa shape index (κ3) is 5.34. The number of amides is 2. The maximum atomic E-state index is 12.3. The third-order valence-corrected chi connectivity index (χ3v) is 3.90. The van der Waals surface area contributed by atoms with Gasteiger partial charge in [0.25, 0.3) is 0 Å². The van der Waals surface area contributed by atoms with Gasteiger partial charge < -0.3 is 20.1 Å². The molecule has 1 aliphatic rings. The highest BCUT2D eigenvalue weighted by Crippen LogP contribution is 2.11. The fraction of sp³-hybridized carbons (Fsp3) is 0.471. The smallest absolute Gasteiger partial charge is 0.335 e. The van der Waals surface area contributed by atoms with Crippen LogP contribution in [-0.2, 0) is 20.7 Å². The molecule has 1 saturated heterocycles. The van der Waals surface area contributed by atoms with Gasteiger partial charge in [0.2, 0.25) is 11.8 Å². The molecule has 2 rings (SSSR count). The summed E-state index contributed by atoms with van der Waals surface area (Å²) in [4.78, 5) is 35.8. The van der Waals surface area contributed by atoms with Crippen LogP contribution in [0.3, 0.4) is 0 Å². The summed E-state index contributed by atoms with van der Waals surface area (Å²) in [5.74, 6) is -1.04. The fourth-order valence-electron chi connectivity index (χ4n) is 2.55. The van der Waals surface area contributed by atoms with Crippen molar-refractivity contribution in [3.8, 4) is 0 Å². The van der Waals surface area contributed by atoms with Crippen LogP contribution in [0.1, 0.15) is 29.3 Å². The molecule has 1 atom stereocenters. The third-order valence-electron chi connectivity index (χ3n) is 3.90. The van der Waals surface area contributed by atoms with Crippen LogP contribution < -0.4 is 5.32 Å². The van der Waals surface area contributed by atoms with Gasteiger partial charge in [0, 0.05) is 33.0 Å². The quantitative estimate of drug-likeness (QED) is 0.797. The molecular weight excluding hydrogens is 312 g/mol. The molecular formula is C17H22N2O5. The van der Waals surface area contributed by atoms with E-state index in [-0.39, 0.29) is 23.5 Å². The van der Waals surface area contributed by atoms with Crippen LogP contribution >= 0.6 is 0 Å². The first-order valence-electron chi connectivity index (χ1n) is 7.91.